The van der Waals surface area contributed by atoms with Gasteiger partial charge in [0, 0.05) is 4.47 Å². The van der Waals surface area contributed by atoms with Crippen LogP contribution in [0.1, 0.15) is 24.4 Å². The van der Waals surface area contributed by atoms with E-state index in [9.17, 15) is 18.3 Å². The molecule has 0 radical (unpaired) electrons. The third-order valence-corrected chi connectivity index (χ3v) is 2.83. The maximum absolute atomic E-state index is 12.9. The Balaban J connectivity index is 2.55. The van der Waals surface area contributed by atoms with E-state index in [0.29, 0.717) is 4.47 Å². The van der Waals surface area contributed by atoms with E-state index in [1.807, 2.05) is 0 Å². The van der Waals surface area contributed by atoms with E-state index >= 15 is 0 Å². The number of nitrogens with zero attached hydrogens (tertiary/aromatic N) is 2. The summed E-state index contributed by atoms with van der Waals surface area (Å²) in [6.45, 7) is 1.39. The smallest absolute Gasteiger partial charge is 0.385 e. The second-order valence-corrected chi connectivity index (χ2v) is 4.74. The average Bonchev–Trinajstić information content (AvgIpc) is 2.77. The first kappa shape index (κ1) is 14.0. The molecule has 0 fully saturated rings. The average molecular weight is 337 g/mol. The van der Waals surface area contributed by atoms with Crippen LogP contribution in [0.25, 0.3) is 11.5 Å². The van der Waals surface area contributed by atoms with Crippen molar-refractivity contribution in [2.45, 2.75) is 19.2 Å². The summed E-state index contributed by atoms with van der Waals surface area (Å²) in [5.74, 6) is -0.346. The molecule has 1 aromatic carbocycles. The number of halogens is 4. The lowest BCUT2D eigenvalue weighted by atomic mass is 10.1. The molecule has 0 aliphatic heterocycles. The highest BCUT2D eigenvalue weighted by atomic mass is 79.9. The van der Waals surface area contributed by atoms with Gasteiger partial charge in [0.05, 0.1) is 11.1 Å². The maximum atomic E-state index is 12.9. The predicted molar refractivity (Wildman–Crippen MR) is 63.1 cm³/mol. The maximum Gasteiger partial charge on any atom is 0.417 e. The van der Waals surface area contributed by atoms with Gasteiger partial charge in [0.25, 0.3) is 5.89 Å². The molecule has 0 amide bonds. The standard InChI is InChI=1S/C11H8BrF3N2O2/c1-5(18)9-16-10(19-17-9)7-3-2-6(12)4-8(7)11(13,14)15/h2-5,18H,1H3. The Morgan fingerprint density at radius 3 is 2.58 bits per heavy atom. The number of hydrogen-bond acceptors (Lipinski definition) is 4. The Bertz CT molecular complexity index is 596. The summed E-state index contributed by atoms with van der Waals surface area (Å²) >= 11 is 2.98. The third kappa shape index (κ3) is 2.95. The van der Waals surface area contributed by atoms with E-state index in [4.69, 9.17) is 4.52 Å². The fourth-order valence-electron chi connectivity index (χ4n) is 1.45. The molecule has 1 N–H and O–H groups in total. The van der Waals surface area contributed by atoms with Crippen LogP contribution in [0, 0.1) is 0 Å². The minimum Gasteiger partial charge on any atom is -0.385 e. The van der Waals surface area contributed by atoms with Crippen molar-refractivity contribution >= 4 is 15.9 Å². The summed E-state index contributed by atoms with van der Waals surface area (Å²) in [7, 11) is 0. The van der Waals surface area contributed by atoms with Crippen LogP contribution >= 0.6 is 15.9 Å². The van der Waals surface area contributed by atoms with Crippen molar-refractivity contribution in [1.82, 2.24) is 10.1 Å². The van der Waals surface area contributed by atoms with Gasteiger partial charge in [-0.1, -0.05) is 21.1 Å². The molecule has 2 rings (SSSR count). The number of aliphatic hydroxyl groups is 1. The van der Waals surface area contributed by atoms with Gasteiger partial charge in [-0.15, -0.1) is 0 Å². The van der Waals surface area contributed by atoms with Gasteiger partial charge in [0.2, 0.25) is 0 Å². The lowest BCUT2D eigenvalue weighted by molar-refractivity contribution is -0.137. The predicted octanol–water partition coefficient (Wildman–Crippen LogP) is 3.57. The molecule has 0 aliphatic carbocycles. The van der Waals surface area contributed by atoms with Crippen LogP contribution in [0.15, 0.2) is 27.2 Å². The topological polar surface area (TPSA) is 59.2 Å². The largest absolute Gasteiger partial charge is 0.417 e. The Labute approximate surface area is 114 Å². The molecular weight excluding hydrogens is 329 g/mol. The van der Waals surface area contributed by atoms with E-state index in [-0.39, 0.29) is 17.3 Å². The van der Waals surface area contributed by atoms with Gasteiger partial charge >= 0.3 is 6.18 Å². The van der Waals surface area contributed by atoms with Crippen molar-refractivity contribution in [3.8, 4) is 11.5 Å². The van der Waals surface area contributed by atoms with E-state index in [1.165, 1.54) is 19.1 Å². The van der Waals surface area contributed by atoms with E-state index in [2.05, 4.69) is 26.1 Å². The molecule has 1 aromatic heterocycles. The van der Waals surface area contributed by atoms with Crippen molar-refractivity contribution in [2.75, 3.05) is 0 Å². The SMILES string of the molecule is CC(O)c1noc(-c2ccc(Br)cc2C(F)(F)F)n1. The van der Waals surface area contributed by atoms with E-state index in [1.54, 1.807) is 0 Å². The summed E-state index contributed by atoms with van der Waals surface area (Å²) in [6, 6.07) is 3.60. The quantitative estimate of drug-likeness (QED) is 0.910. The summed E-state index contributed by atoms with van der Waals surface area (Å²) < 4.78 is 43.8. The van der Waals surface area contributed by atoms with Gasteiger partial charge in [-0.3, -0.25) is 0 Å². The van der Waals surface area contributed by atoms with Crippen LogP contribution in [0.4, 0.5) is 13.2 Å². The van der Waals surface area contributed by atoms with Crippen LogP contribution in [-0.2, 0) is 6.18 Å². The zero-order valence-corrected chi connectivity index (χ0v) is 11.2. The molecule has 2 aromatic rings. The highest BCUT2D eigenvalue weighted by Gasteiger charge is 2.35. The molecule has 19 heavy (non-hydrogen) atoms. The molecule has 102 valence electrons. The van der Waals surface area contributed by atoms with E-state index in [0.717, 1.165) is 6.07 Å². The molecule has 0 spiro atoms. The first-order chi connectivity index (χ1) is 8.79. The molecule has 1 unspecified atom stereocenters. The summed E-state index contributed by atoms with van der Waals surface area (Å²) in [6.07, 6.45) is -5.55. The molecule has 1 heterocycles. The number of hydrogen-bond donors (Lipinski definition) is 1. The lowest BCUT2D eigenvalue weighted by Gasteiger charge is -2.10. The first-order valence-corrected chi connectivity index (χ1v) is 5.97. The van der Waals surface area contributed by atoms with Gasteiger partial charge in [-0.05, 0) is 25.1 Å². The van der Waals surface area contributed by atoms with Gasteiger partial charge in [0.1, 0.15) is 6.10 Å². The molecule has 1 atom stereocenters. The highest BCUT2D eigenvalue weighted by molar-refractivity contribution is 9.10. The molecule has 4 nitrogen and oxygen atoms in total. The van der Waals surface area contributed by atoms with Crippen molar-refractivity contribution in [1.29, 1.82) is 0 Å². The van der Waals surface area contributed by atoms with Gasteiger partial charge < -0.3 is 9.63 Å². The number of aliphatic hydroxyl groups excluding tert-OH is 1. The number of rotatable bonds is 2. The molecule has 0 saturated heterocycles. The fourth-order valence-corrected chi connectivity index (χ4v) is 1.81. The molecule has 8 heteroatoms. The van der Waals surface area contributed by atoms with Crippen molar-refractivity contribution in [3.05, 3.63) is 34.1 Å². The van der Waals surface area contributed by atoms with Gasteiger partial charge in [-0.25, -0.2) is 0 Å². The number of alkyl halides is 3. The first-order valence-electron chi connectivity index (χ1n) is 5.18. The minimum atomic E-state index is -4.54. The minimum absolute atomic E-state index is 0.0638. The fraction of sp³-hybridized carbons (Fsp3) is 0.273. The lowest BCUT2D eigenvalue weighted by Crippen LogP contribution is -2.07. The second kappa shape index (κ2) is 4.93. The van der Waals surface area contributed by atoms with Crippen LogP contribution in [0.3, 0.4) is 0 Å². The van der Waals surface area contributed by atoms with Crippen LogP contribution in [-0.4, -0.2) is 15.2 Å². The zero-order valence-electron chi connectivity index (χ0n) is 9.57. The molecule has 0 aliphatic rings. The highest BCUT2D eigenvalue weighted by Crippen LogP contribution is 2.38. The Kier molecular flexibility index (Phi) is 3.64. The zero-order chi connectivity index (χ0) is 14.2. The Morgan fingerprint density at radius 2 is 2.05 bits per heavy atom. The molecular formula is C11H8BrF3N2O2. The number of benzene rings is 1. The summed E-state index contributed by atoms with van der Waals surface area (Å²) in [5.41, 5.74) is -1.11. The van der Waals surface area contributed by atoms with Crippen LogP contribution in [0.5, 0.6) is 0 Å². The molecule has 0 saturated carbocycles. The van der Waals surface area contributed by atoms with Crippen molar-refractivity contribution < 1.29 is 22.8 Å². The van der Waals surface area contributed by atoms with Gasteiger partial charge in [-0.2, -0.15) is 18.2 Å². The second-order valence-electron chi connectivity index (χ2n) is 3.82. The molecule has 0 bridgehead atoms. The van der Waals surface area contributed by atoms with E-state index < -0.39 is 17.8 Å². The summed E-state index contributed by atoms with van der Waals surface area (Å²) in [5, 5.41) is 12.7. The van der Waals surface area contributed by atoms with Crippen molar-refractivity contribution in [2.24, 2.45) is 0 Å². The normalized spacial score (nSPS) is 13.6. The van der Waals surface area contributed by atoms with Gasteiger partial charge in [0.15, 0.2) is 5.82 Å². The summed E-state index contributed by atoms with van der Waals surface area (Å²) in [4.78, 5) is 3.74. The van der Waals surface area contributed by atoms with Crippen molar-refractivity contribution in [3.63, 3.8) is 0 Å². The Hall–Kier alpha value is -1.41. The van der Waals surface area contributed by atoms with Crippen LogP contribution in [0.2, 0.25) is 0 Å². The monoisotopic (exact) mass is 336 g/mol. The number of aromatic nitrogens is 2. The van der Waals surface area contributed by atoms with Crippen LogP contribution < -0.4 is 0 Å². The Morgan fingerprint density at radius 1 is 1.37 bits per heavy atom. The third-order valence-electron chi connectivity index (χ3n) is 2.33.